The number of aldehydes is 2. The molecule has 21 nitrogen and oxygen atoms in total. The van der Waals surface area contributed by atoms with Gasteiger partial charge in [-0.05, 0) is 214 Å². The smallest absolute Gasteiger partial charge is 0.481 e. The SMILES string of the molecule is Brc1ccc2nccn2c1.C[C@](N)(CO)C(=O)O.Cc1ccc(C=O)cc1/C=C/c1cccc(B2OC(C)(C)C(C)(C)O2)c1C.Cc1ccc(C=O)cc1/C=C/c1cncc(-c2cn3ccnc3cn2)c1C.Cc1ccc(CC[C@@](C)(CO)C(=O)O)cc1/C=C/c1cncc(-c2cn3ccnc3cn2)c1C. The fourth-order valence-corrected chi connectivity index (χ4v) is 11.3. The number of hydrogen-bond donors (Lipinski definition) is 5. The molecule has 106 heavy (non-hydrogen) atoms. The number of aromatic nitrogens is 10. The average molecular weight is 1490 g/mol. The number of imidazole rings is 3. The normalized spacial score (nSPS) is 14.1. The minimum absolute atomic E-state index is 0.359. The number of carbonyl (C=O) groups excluding carboxylic acids is 2. The van der Waals surface area contributed by atoms with Crippen molar-refractivity contribution in [1.29, 1.82) is 0 Å². The van der Waals surface area contributed by atoms with Gasteiger partial charge in [0.15, 0.2) is 11.3 Å². The number of benzene rings is 4. The van der Waals surface area contributed by atoms with E-state index >= 15 is 0 Å². The van der Waals surface area contributed by atoms with Crippen molar-refractivity contribution in [3.8, 4) is 22.5 Å². The lowest BCUT2D eigenvalue weighted by Crippen LogP contribution is -2.48. The Morgan fingerprint density at radius 2 is 0.981 bits per heavy atom. The molecule has 1 fully saturated rings. The molecule has 12 aromatic rings. The number of halogens is 1. The number of pyridine rings is 3. The highest BCUT2D eigenvalue weighted by molar-refractivity contribution is 9.10. The molecule has 0 unspecified atom stereocenters. The van der Waals surface area contributed by atoms with Crippen LogP contribution in [-0.4, -0.2) is 130 Å². The monoisotopic (exact) mass is 1490 g/mol. The third-order valence-corrected chi connectivity index (χ3v) is 19.6. The Labute approximate surface area is 625 Å². The number of aliphatic hydroxyl groups excluding tert-OH is 2. The molecule has 544 valence electrons. The Hall–Kier alpha value is -11.0. The van der Waals surface area contributed by atoms with Crippen molar-refractivity contribution in [2.75, 3.05) is 13.2 Å². The van der Waals surface area contributed by atoms with Crippen LogP contribution in [0.5, 0.6) is 0 Å². The summed E-state index contributed by atoms with van der Waals surface area (Å²) in [5.74, 6) is -2.17. The third kappa shape index (κ3) is 19.5. The van der Waals surface area contributed by atoms with E-state index in [0.29, 0.717) is 24.0 Å². The highest BCUT2D eigenvalue weighted by atomic mass is 79.9. The highest BCUT2D eigenvalue weighted by Crippen LogP contribution is 2.37. The molecule has 0 saturated carbocycles. The zero-order valence-electron chi connectivity index (χ0n) is 61.4. The lowest BCUT2D eigenvalue weighted by Gasteiger charge is -2.32. The summed E-state index contributed by atoms with van der Waals surface area (Å²) in [5, 5.41) is 35.3. The van der Waals surface area contributed by atoms with Crippen molar-refractivity contribution < 1.29 is 48.9 Å². The van der Waals surface area contributed by atoms with Gasteiger partial charge < -0.3 is 48.7 Å². The molecule has 0 bridgehead atoms. The Kier molecular flexibility index (Phi) is 25.9. The molecule has 0 radical (unpaired) electrons. The van der Waals surface area contributed by atoms with E-state index in [1.165, 1.54) is 6.92 Å². The number of carboxylic acids is 2. The lowest BCUT2D eigenvalue weighted by molar-refractivity contribution is -0.150. The molecule has 0 aliphatic carbocycles. The van der Waals surface area contributed by atoms with Gasteiger partial charge in [-0.15, -0.1) is 0 Å². The van der Waals surface area contributed by atoms with Crippen molar-refractivity contribution in [2.45, 2.75) is 113 Å². The number of nitrogens with two attached hydrogens (primary N) is 1. The van der Waals surface area contributed by atoms with Crippen LogP contribution < -0.4 is 11.2 Å². The van der Waals surface area contributed by atoms with Crippen LogP contribution >= 0.6 is 15.9 Å². The maximum atomic E-state index is 11.5. The first kappa shape index (κ1) is 79.1. The molecule has 6 N–H and O–H groups in total. The molecule has 9 heterocycles. The van der Waals surface area contributed by atoms with E-state index in [9.17, 15) is 29.4 Å². The van der Waals surface area contributed by atoms with Crippen LogP contribution in [-0.2, 0) is 25.3 Å². The predicted molar refractivity (Wildman–Crippen MR) is 421 cm³/mol. The molecule has 0 spiro atoms. The number of aliphatic carboxylic acids is 2. The molecule has 8 aromatic heterocycles. The first-order chi connectivity index (χ1) is 50.5. The fraction of sp³-hybridized carbons (Fsp3) is 0.241. The minimum atomic E-state index is -1.49. The van der Waals surface area contributed by atoms with E-state index in [1.54, 1.807) is 37.9 Å². The van der Waals surface area contributed by atoms with E-state index in [2.05, 4.69) is 136 Å². The number of aryl methyl sites for hydroxylation is 4. The second-order valence-electron chi connectivity index (χ2n) is 27.5. The molecule has 2 atom stereocenters. The summed E-state index contributed by atoms with van der Waals surface area (Å²) >= 11 is 3.37. The number of aliphatic hydroxyl groups is 2. The van der Waals surface area contributed by atoms with Gasteiger partial charge in [-0.2, -0.15) is 0 Å². The second-order valence-corrected chi connectivity index (χ2v) is 28.4. The molecule has 1 aliphatic heterocycles. The van der Waals surface area contributed by atoms with Gasteiger partial charge >= 0.3 is 19.1 Å². The topological polar surface area (TPSA) is 297 Å². The van der Waals surface area contributed by atoms with E-state index in [0.717, 1.165) is 134 Å². The van der Waals surface area contributed by atoms with E-state index < -0.39 is 29.5 Å². The van der Waals surface area contributed by atoms with E-state index in [-0.39, 0.29) is 24.9 Å². The summed E-state index contributed by atoms with van der Waals surface area (Å²) in [4.78, 5) is 74.0. The maximum Gasteiger partial charge on any atom is 0.495 e. The number of fused-ring (bicyclic) bond motifs is 3. The van der Waals surface area contributed by atoms with Crippen LogP contribution in [0.2, 0.25) is 0 Å². The van der Waals surface area contributed by atoms with Gasteiger partial charge in [0.1, 0.15) is 23.8 Å². The first-order valence-electron chi connectivity index (χ1n) is 34.2. The highest BCUT2D eigenvalue weighted by Gasteiger charge is 2.52. The quantitative estimate of drug-likeness (QED) is 0.0303. The zero-order chi connectivity index (χ0) is 76.7. The van der Waals surface area contributed by atoms with Crippen LogP contribution in [0.1, 0.15) is 141 Å². The van der Waals surface area contributed by atoms with Gasteiger partial charge in [-0.25, -0.2) is 15.0 Å². The Bertz CT molecular complexity index is 5240. The summed E-state index contributed by atoms with van der Waals surface area (Å²) < 4.78 is 19.3. The predicted octanol–water partition coefficient (Wildman–Crippen LogP) is 14.4. The van der Waals surface area contributed by atoms with Gasteiger partial charge in [0.25, 0.3) is 0 Å². The molecule has 1 saturated heterocycles. The number of carbonyl (C=O) groups is 4. The summed E-state index contributed by atoms with van der Waals surface area (Å²) in [6, 6.07) is 27.6. The fourth-order valence-electron chi connectivity index (χ4n) is 11.0. The summed E-state index contributed by atoms with van der Waals surface area (Å²) in [5.41, 5.74) is 24.2. The summed E-state index contributed by atoms with van der Waals surface area (Å²) in [6.45, 7) is 22.5. The maximum absolute atomic E-state index is 11.5. The van der Waals surface area contributed by atoms with Gasteiger partial charge in [-0.3, -0.25) is 39.1 Å². The number of nitrogens with zero attached hydrogens (tertiary/aromatic N) is 10. The van der Waals surface area contributed by atoms with Crippen molar-refractivity contribution in [3.05, 3.63) is 266 Å². The number of rotatable bonds is 18. The molecule has 4 aromatic carbocycles. The number of carboxylic acid groups (broad SMARTS) is 2. The van der Waals surface area contributed by atoms with Crippen LogP contribution in [0.15, 0.2) is 182 Å². The Balaban J connectivity index is 0.000000165. The standard InChI is InChI=1S/C27H28N4O3.C23H27BO3.C22H18N4O.C7H5BrN2.C4H9NO3/c1-18-4-5-20(8-9-27(3,17-32)26(33)34)12-21(18)6-7-22-13-28-14-23(19(22)2)24-16-31-11-10-29-25(31)15-30-24;1-16-10-11-18(15-25)14-20(16)13-12-19-8-7-9-21(17(19)2)24-26-22(3,4)23(5,6)27-24;1-15-3-4-17(14-27)9-18(15)5-6-19-10-23-11-20(16(19)2)21-13-26-8-7-24-22(26)12-25-21;8-6-1-2-7-9-3-4-10(7)5-6;1-4(5,2-6)3(7)8/h4-7,10-16,32H,8-9,17H2,1-3H3,(H,33,34);7-15H,1-6H3;3-14H,1-2H3;1-5H;6H,2,5H2,1H3,(H,7,8)/b7-6+;13-12+;6-5+;;/t27-;;;;4-/m0...0/s1. The molecule has 0 amide bonds. The molecule has 1 aliphatic rings. The molecule has 23 heteroatoms. The van der Waals surface area contributed by atoms with Crippen LogP contribution in [0.4, 0.5) is 0 Å². The summed E-state index contributed by atoms with van der Waals surface area (Å²) in [7, 11) is -0.372. The van der Waals surface area contributed by atoms with Gasteiger partial charge in [0, 0.05) is 107 Å². The molecule has 13 rings (SSSR count). The molecular formula is C83H87BBrN11O10. The van der Waals surface area contributed by atoms with Gasteiger partial charge in [0.05, 0.1) is 53.6 Å². The van der Waals surface area contributed by atoms with Crippen LogP contribution in [0.3, 0.4) is 0 Å². The lowest BCUT2D eigenvalue weighted by atomic mass is 9.75. The second kappa shape index (κ2) is 34.7. The Morgan fingerprint density at radius 1 is 0.528 bits per heavy atom. The summed E-state index contributed by atoms with van der Waals surface area (Å²) in [6.07, 6.45) is 42.7. The zero-order valence-corrected chi connectivity index (χ0v) is 63.0. The minimum Gasteiger partial charge on any atom is -0.481 e. The average Bonchev–Trinajstić information content (AvgIpc) is 1.58. The van der Waals surface area contributed by atoms with Crippen LogP contribution in [0.25, 0.3) is 75.9 Å². The Morgan fingerprint density at radius 3 is 1.43 bits per heavy atom. The largest absolute Gasteiger partial charge is 0.495 e. The van der Waals surface area contributed by atoms with Gasteiger partial charge in [0.2, 0.25) is 0 Å². The molecular weight excluding hydrogens is 1400 g/mol. The van der Waals surface area contributed by atoms with Crippen LogP contribution in [0, 0.1) is 47.0 Å². The van der Waals surface area contributed by atoms with Gasteiger partial charge in [-0.1, -0.05) is 97.1 Å². The first-order valence-corrected chi connectivity index (χ1v) is 35.0. The third-order valence-electron chi connectivity index (χ3n) is 19.1. The van der Waals surface area contributed by atoms with Crippen molar-refractivity contribution >= 4 is 106 Å². The van der Waals surface area contributed by atoms with E-state index in [1.807, 2.05) is 181 Å². The van der Waals surface area contributed by atoms with E-state index in [4.69, 9.17) is 25.3 Å². The van der Waals surface area contributed by atoms with Crippen molar-refractivity contribution in [2.24, 2.45) is 11.1 Å². The van der Waals surface area contributed by atoms with Crippen molar-refractivity contribution in [3.63, 3.8) is 0 Å². The van der Waals surface area contributed by atoms with Crippen molar-refractivity contribution in [1.82, 2.24) is 48.1 Å². The number of hydrogen-bond acceptors (Lipinski definition) is 16.